The zero-order valence-corrected chi connectivity index (χ0v) is 17.5. The zero-order valence-electron chi connectivity index (χ0n) is 17.5. The average Bonchev–Trinajstić information content (AvgIpc) is 3.25. The average molecular weight is 384 g/mol. The van der Waals surface area contributed by atoms with E-state index in [1.54, 1.807) is 6.92 Å². The highest BCUT2D eigenvalue weighted by Crippen LogP contribution is 2.29. The molecule has 0 N–H and O–H groups in total. The van der Waals surface area contributed by atoms with Crippen molar-refractivity contribution < 1.29 is 13.8 Å². The zero-order chi connectivity index (χ0) is 20.3. The monoisotopic (exact) mass is 384 g/mol. The Morgan fingerprint density at radius 3 is 2.21 bits per heavy atom. The summed E-state index contributed by atoms with van der Waals surface area (Å²) in [5, 5.41) is 8.04. The lowest BCUT2D eigenvalue weighted by molar-refractivity contribution is 0.301. The van der Waals surface area contributed by atoms with Crippen molar-refractivity contribution in [2.24, 2.45) is 0 Å². The highest BCUT2D eigenvalue weighted by Gasteiger charge is 2.21. The fourth-order valence-corrected chi connectivity index (χ4v) is 2.94. The van der Waals surface area contributed by atoms with Crippen LogP contribution in [0.2, 0.25) is 0 Å². The molecule has 0 radical (unpaired) electrons. The summed E-state index contributed by atoms with van der Waals surface area (Å²) in [7, 11) is 0. The van der Waals surface area contributed by atoms with Gasteiger partial charge in [-0.15, -0.1) is 0 Å². The molecule has 1 aromatic carbocycles. The van der Waals surface area contributed by atoms with Crippen LogP contribution >= 0.6 is 0 Å². The van der Waals surface area contributed by atoms with Gasteiger partial charge in [-0.2, -0.15) is 9.97 Å². The first-order valence-electron chi connectivity index (χ1n) is 9.62. The molecule has 28 heavy (non-hydrogen) atoms. The van der Waals surface area contributed by atoms with Crippen molar-refractivity contribution in [2.75, 3.05) is 6.61 Å². The highest BCUT2D eigenvalue weighted by atomic mass is 16.5. The van der Waals surface area contributed by atoms with Gasteiger partial charge in [-0.3, -0.25) is 0 Å². The lowest BCUT2D eigenvalue weighted by Gasteiger charge is -2.13. The molecule has 0 saturated heterocycles. The van der Waals surface area contributed by atoms with Crippen molar-refractivity contribution in [2.45, 2.75) is 66.2 Å². The van der Waals surface area contributed by atoms with Crippen LogP contribution in [-0.2, 0) is 11.8 Å². The maximum atomic E-state index is 6.03. The van der Waals surface area contributed by atoms with E-state index in [1.807, 2.05) is 26.0 Å². The van der Waals surface area contributed by atoms with E-state index in [4.69, 9.17) is 13.8 Å². The second kappa shape index (κ2) is 8.12. The van der Waals surface area contributed by atoms with Crippen molar-refractivity contribution in [3.8, 4) is 17.1 Å². The molecule has 3 aromatic rings. The fourth-order valence-electron chi connectivity index (χ4n) is 2.94. The van der Waals surface area contributed by atoms with Gasteiger partial charge in [0.1, 0.15) is 5.75 Å². The van der Waals surface area contributed by atoms with E-state index in [9.17, 15) is 0 Å². The summed E-state index contributed by atoms with van der Waals surface area (Å²) in [5.41, 5.74) is 2.94. The Morgan fingerprint density at radius 2 is 1.64 bits per heavy atom. The van der Waals surface area contributed by atoms with Gasteiger partial charge >= 0.3 is 0 Å². The Kier molecular flexibility index (Phi) is 5.82. The molecule has 2 aromatic heterocycles. The SMILES string of the molecule is Cc1nc(-c2cc(C)c(OCCCCc3noc(C(C)(C)C)n3)c(C)c2)no1. The molecule has 0 unspecified atom stereocenters. The number of ether oxygens (including phenoxy) is 1. The second-order valence-corrected chi connectivity index (χ2v) is 8.15. The summed E-state index contributed by atoms with van der Waals surface area (Å²) in [6.07, 6.45) is 2.66. The van der Waals surface area contributed by atoms with Gasteiger partial charge in [0.05, 0.1) is 6.61 Å². The molecule has 0 atom stereocenters. The molecule has 0 aliphatic heterocycles. The first kappa shape index (κ1) is 20.0. The van der Waals surface area contributed by atoms with Crippen molar-refractivity contribution >= 4 is 0 Å². The lowest BCUT2D eigenvalue weighted by atomic mass is 9.97. The maximum absolute atomic E-state index is 6.03. The molecule has 0 aliphatic rings. The van der Waals surface area contributed by atoms with E-state index in [1.165, 1.54) is 0 Å². The molecule has 0 saturated carbocycles. The molecule has 0 fully saturated rings. The summed E-state index contributed by atoms with van der Waals surface area (Å²) in [6.45, 7) is 12.7. The van der Waals surface area contributed by atoms with E-state index in [0.717, 1.165) is 47.5 Å². The Hall–Kier alpha value is -2.70. The molecular formula is C21H28N4O3. The smallest absolute Gasteiger partial charge is 0.232 e. The largest absolute Gasteiger partial charge is 0.493 e. The number of unbranched alkanes of at least 4 members (excludes halogenated alkanes) is 1. The van der Waals surface area contributed by atoms with Crippen LogP contribution in [0.4, 0.5) is 0 Å². The molecule has 7 nitrogen and oxygen atoms in total. The van der Waals surface area contributed by atoms with Gasteiger partial charge in [0, 0.05) is 24.3 Å². The van der Waals surface area contributed by atoms with Crippen LogP contribution in [0.3, 0.4) is 0 Å². The molecular weight excluding hydrogens is 356 g/mol. The van der Waals surface area contributed by atoms with Crippen LogP contribution in [0.25, 0.3) is 11.4 Å². The van der Waals surface area contributed by atoms with E-state index in [2.05, 4.69) is 41.1 Å². The maximum Gasteiger partial charge on any atom is 0.232 e. The second-order valence-electron chi connectivity index (χ2n) is 8.15. The Morgan fingerprint density at radius 1 is 0.929 bits per heavy atom. The van der Waals surface area contributed by atoms with Crippen LogP contribution in [0.5, 0.6) is 5.75 Å². The minimum absolute atomic E-state index is 0.115. The molecule has 0 amide bonds. The van der Waals surface area contributed by atoms with Gasteiger partial charge < -0.3 is 13.8 Å². The molecule has 7 heteroatoms. The third-order valence-electron chi connectivity index (χ3n) is 4.40. The minimum atomic E-state index is -0.115. The van der Waals surface area contributed by atoms with E-state index in [-0.39, 0.29) is 5.41 Å². The number of benzene rings is 1. The Balaban J connectivity index is 1.51. The summed E-state index contributed by atoms with van der Waals surface area (Å²) < 4.78 is 16.4. The molecule has 0 bridgehead atoms. The number of hydrogen-bond donors (Lipinski definition) is 0. The topological polar surface area (TPSA) is 87.1 Å². The quantitative estimate of drug-likeness (QED) is 0.543. The van der Waals surface area contributed by atoms with E-state index in [0.29, 0.717) is 24.2 Å². The molecule has 0 aliphatic carbocycles. The normalized spacial score (nSPS) is 11.8. The molecule has 150 valence electrons. The van der Waals surface area contributed by atoms with Crippen molar-refractivity contribution in [3.05, 3.63) is 40.9 Å². The minimum Gasteiger partial charge on any atom is -0.493 e. The predicted octanol–water partition coefficient (Wildman–Crippen LogP) is 4.74. The number of aryl methyl sites for hydroxylation is 4. The van der Waals surface area contributed by atoms with Gasteiger partial charge in [0.15, 0.2) is 5.82 Å². The van der Waals surface area contributed by atoms with Gasteiger partial charge in [0.25, 0.3) is 0 Å². The van der Waals surface area contributed by atoms with Crippen molar-refractivity contribution in [1.29, 1.82) is 0 Å². The van der Waals surface area contributed by atoms with E-state index >= 15 is 0 Å². The predicted molar refractivity (Wildman–Crippen MR) is 105 cm³/mol. The van der Waals surface area contributed by atoms with Gasteiger partial charge in [-0.1, -0.05) is 31.1 Å². The Labute approximate surface area is 165 Å². The number of nitrogens with zero attached hydrogens (tertiary/aromatic N) is 4. The first-order chi connectivity index (χ1) is 13.2. The third-order valence-corrected chi connectivity index (χ3v) is 4.40. The lowest BCUT2D eigenvalue weighted by Crippen LogP contribution is -2.11. The third kappa shape index (κ3) is 4.77. The van der Waals surface area contributed by atoms with Gasteiger partial charge in [-0.25, -0.2) is 0 Å². The summed E-state index contributed by atoms with van der Waals surface area (Å²) >= 11 is 0. The van der Waals surface area contributed by atoms with Crippen LogP contribution in [0.1, 0.15) is 62.3 Å². The summed E-state index contributed by atoms with van der Waals surface area (Å²) in [6, 6.07) is 4.06. The van der Waals surface area contributed by atoms with Crippen LogP contribution in [0.15, 0.2) is 21.2 Å². The van der Waals surface area contributed by atoms with Crippen LogP contribution in [0, 0.1) is 20.8 Å². The highest BCUT2D eigenvalue weighted by molar-refractivity contribution is 5.60. The van der Waals surface area contributed by atoms with Gasteiger partial charge in [0.2, 0.25) is 17.6 Å². The van der Waals surface area contributed by atoms with Gasteiger partial charge in [-0.05, 0) is 49.9 Å². The van der Waals surface area contributed by atoms with Crippen LogP contribution < -0.4 is 4.74 Å². The van der Waals surface area contributed by atoms with E-state index < -0.39 is 0 Å². The fraction of sp³-hybridized carbons (Fsp3) is 0.524. The summed E-state index contributed by atoms with van der Waals surface area (Å²) in [5.74, 6) is 3.52. The first-order valence-corrected chi connectivity index (χ1v) is 9.62. The number of rotatable bonds is 7. The van der Waals surface area contributed by atoms with Crippen LogP contribution in [-0.4, -0.2) is 26.9 Å². The molecule has 0 spiro atoms. The number of aromatic nitrogens is 4. The van der Waals surface area contributed by atoms with Crippen molar-refractivity contribution in [1.82, 2.24) is 20.3 Å². The standard InChI is InChI=1S/C21H28N4O3/c1-13-11-16(19-22-15(3)27-25-19)12-14(2)18(13)26-10-8-7-9-17-23-20(28-24-17)21(4,5)6/h11-12H,7-10H2,1-6H3. The summed E-state index contributed by atoms with van der Waals surface area (Å²) in [4.78, 5) is 8.75. The number of hydrogen-bond acceptors (Lipinski definition) is 7. The molecule has 2 heterocycles. The Bertz CT molecular complexity index is 914. The molecule has 3 rings (SSSR count). The van der Waals surface area contributed by atoms with Crippen molar-refractivity contribution in [3.63, 3.8) is 0 Å².